The molecule has 0 aromatic heterocycles. The smallest absolute Gasteiger partial charge is 0.221 e. The van der Waals surface area contributed by atoms with Crippen LogP contribution in [0.15, 0.2) is 49.1 Å². The Morgan fingerprint density at radius 3 is 1.46 bits per heavy atom. The van der Waals surface area contributed by atoms with E-state index >= 15 is 0 Å². The molecule has 0 N–H and O–H groups in total. The second-order valence-corrected chi connectivity index (χ2v) is 5.85. The van der Waals surface area contributed by atoms with Crippen LogP contribution >= 0.6 is 19.7 Å². The van der Waals surface area contributed by atoms with Gasteiger partial charge in [-0.1, -0.05) is 12.2 Å². The zero-order valence-corrected chi connectivity index (χ0v) is 14.3. The molecule has 0 aliphatic heterocycles. The normalized spacial score (nSPS) is 15.5. The monoisotopic (exact) mass is 432 g/mol. The fourth-order valence-electron chi connectivity index (χ4n) is 1.16. The molecule has 6 nitrogen and oxygen atoms in total. The van der Waals surface area contributed by atoms with Gasteiger partial charge in [-0.3, -0.25) is 0 Å². The van der Waals surface area contributed by atoms with Gasteiger partial charge < -0.3 is 0 Å². The van der Waals surface area contributed by atoms with Crippen LogP contribution in [-0.4, -0.2) is 12.2 Å². The van der Waals surface area contributed by atoms with Gasteiger partial charge in [0.2, 0.25) is 0 Å². The number of halogens is 7. The highest BCUT2D eigenvalue weighted by atomic mass is 35.5. The van der Waals surface area contributed by atoms with Gasteiger partial charge in [0.05, 0.1) is 11.9 Å². The number of hydrogen-bond acceptors (Lipinski definition) is 6. The van der Waals surface area contributed by atoms with Gasteiger partial charge in [-0.15, -0.1) is 22.5 Å². The Balaban J connectivity index is 5.08. The molecule has 14 heteroatoms. The van der Waals surface area contributed by atoms with E-state index in [0.29, 0.717) is 0 Å². The summed E-state index contributed by atoms with van der Waals surface area (Å²) in [4.78, 5) is 8.25. The van der Waals surface area contributed by atoms with E-state index in [1.807, 2.05) is 0 Å². The number of hydrogen-bond donors (Lipinski definition) is 0. The Hall–Kier alpha value is -1.14. The first-order valence-electron chi connectivity index (χ1n) is 6.35. The molecule has 0 rings (SSSR count). The van der Waals surface area contributed by atoms with Crippen LogP contribution in [0.2, 0.25) is 0 Å². The molecule has 26 heavy (non-hydrogen) atoms. The van der Waals surface area contributed by atoms with Crippen molar-refractivity contribution in [2.75, 3.05) is 0 Å². The fraction of sp³-hybridized carbons (Fsp3) is 0.333. The topological polar surface area (TPSA) is 63.2 Å². The molecule has 0 aromatic carbocycles. The van der Waals surface area contributed by atoms with Crippen molar-refractivity contribution < 1.29 is 54.1 Å². The maximum Gasteiger partial charge on any atom is 0.545 e. The van der Waals surface area contributed by atoms with Crippen LogP contribution in [-0.2, 0) is 27.8 Å². The van der Waals surface area contributed by atoms with Crippen molar-refractivity contribution in [3.05, 3.63) is 49.1 Å². The Kier molecular flexibility index (Phi) is 11.7. The van der Waals surface area contributed by atoms with E-state index in [2.05, 4.69) is 36.4 Å². The molecule has 0 spiro atoms. The molecule has 0 aliphatic carbocycles. The van der Waals surface area contributed by atoms with Crippen molar-refractivity contribution in [2.24, 2.45) is 0 Å². The maximum absolute atomic E-state index is 13.2. The zero-order valence-electron chi connectivity index (χ0n) is 12.7. The molecule has 0 aromatic rings. The van der Waals surface area contributed by atoms with Gasteiger partial charge in [0, 0.05) is 12.8 Å². The molecular formula is C12H12ClF6O6P. The van der Waals surface area contributed by atoms with Gasteiger partial charge in [-0.2, -0.15) is 21.6 Å². The van der Waals surface area contributed by atoms with Crippen molar-refractivity contribution in [2.45, 2.75) is 25.0 Å². The van der Waals surface area contributed by atoms with Crippen LogP contribution < -0.4 is 0 Å². The van der Waals surface area contributed by atoms with Crippen molar-refractivity contribution in [1.82, 2.24) is 0 Å². The van der Waals surface area contributed by atoms with E-state index < -0.39 is 56.7 Å². The van der Waals surface area contributed by atoms with Gasteiger partial charge in [-0.25, -0.2) is 23.1 Å². The summed E-state index contributed by atoms with van der Waals surface area (Å²) in [6.07, 6.45) is -9.02. The molecule has 0 heterocycles. The molecule has 0 saturated carbocycles. The third-order valence-corrected chi connectivity index (χ3v) is 3.49. The van der Waals surface area contributed by atoms with Gasteiger partial charge in [0.25, 0.3) is 0 Å². The molecule has 0 saturated heterocycles. The van der Waals surface area contributed by atoms with Crippen molar-refractivity contribution in [1.29, 1.82) is 0 Å². The second kappa shape index (κ2) is 12.3. The molecule has 2 unspecified atom stereocenters. The molecular weight excluding hydrogens is 421 g/mol. The summed E-state index contributed by atoms with van der Waals surface area (Å²) in [5.41, 5.74) is 0. The molecule has 0 aliphatic rings. The largest absolute Gasteiger partial charge is 0.545 e. The predicted molar refractivity (Wildman–Crippen MR) is 76.8 cm³/mol. The molecule has 2 atom stereocenters. The van der Waals surface area contributed by atoms with Crippen molar-refractivity contribution in [3.8, 4) is 0 Å². The minimum absolute atomic E-state index is 0.574. The first-order valence-corrected chi connectivity index (χ1v) is 8.12. The Bertz CT molecular complexity index is 547. The first-order chi connectivity index (χ1) is 12.1. The lowest BCUT2D eigenvalue weighted by Gasteiger charge is -2.18. The quantitative estimate of drug-likeness (QED) is 0.113. The Labute approximate surface area is 148 Å². The van der Waals surface area contributed by atoms with Crippen molar-refractivity contribution in [3.63, 3.8) is 0 Å². The highest BCUT2D eigenvalue weighted by molar-refractivity contribution is 7.49. The molecule has 0 amide bonds. The number of rotatable bonds is 13. The van der Waals surface area contributed by atoms with Gasteiger partial charge in [-0.05, 0) is 0 Å². The van der Waals surface area contributed by atoms with Crippen molar-refractivity contribution >= 4 is 19.7 Å². The Morgan fingerprint density at radius 2 is 1.23 bits per heavy atom. The molecule has 0 radical (unpaired) electrons. The van der Waals surface area contributed by atoms with Gasteiger partial charge in [0.15, 0.2) is 23.9 Å². The van der Waals surface area contributed by atoms with E-state index in [0.717, 1.165) is 12.2 Å². The summed E-state index contributed by atoms with van der Waals surface area (Å²) in [6.45, 7) is 6.29. The van der Waals surface area contributed by atoms with E-state index in [1.165, 1.54) is 0 Å². The van der Waals surface area contributed by atoms with E-state index in [-0.39, 0.29) is 0 Å². The van der Waals surface area contributed by atoms with Crippen LogP contribution in [0.3, 0.4) is 0 Å². The molecule has 150 valence electrons. The van der Waals surface area contributed by atoms with Crippen LogP contribution in [0, 0.1) is 0 Å². The van der Waals surface area contributed by atoms with Crippen LogP contribution in [0.1, 0.15) is 12.8 Å². The summed E-state index contributed by atoms with van der Waals surface area (Å²) >= 11 is 4.79. The summed E-state index contributed by atoms with van der Waals surface area (Å²) in [7, 11) is -5.11. The fourth-order valence-corrected chi connectivity index (χ4v) is 1.79. The summed E-state index contributed by atoms with van der Waals surface area (Å²) in [5.74, 6) is -4.19. The molecule has 0 bridgehead atoms. The zero-order chi connectivity index (χ0) is 20.3. The average Bonchev–Trinajstić information content (AvgIpc) is 2.60. The first kappa shape index (κ1) is 24.9. The highest BCUT2D eigenvalue weighted by Crippen LogP contribution is 2.52. The van der Waals surface area contributed by atoms with E-state index in [9.17, 15) is 30.9 Å². The van der Waals surface area contributed by atoms with E-state index in [1.54, 1.807) is 0 Å². The summed E-state index contributed by atoms with van der Waals surface area (Å²) in [5, 5.41) is 0. The van der Waals surface area contributed by atoms with Crippen LogP contribution in [0.25, 0.3) is 0 Å². The third kappa shape index (κ3) is 8.49. The minimum Gasteiger partial charge on any atom is -0.221 e. The van der Waals surface area contributed by atoms with Crippen LogP contribution in [0.5, 0.6) is 0 Å². The summed E-state index contributed by atoms with van der Waals surface area (Å²) < 4.78 is 98.7. The lowest BCUT2D eigenvalue weighted by atomic mass is 10.2. The third-order valence-electron chi connectivity index (χ3n) is 2.27. The highest BCUT2D eigenvalue weighted by Gasteiger charge is 2.36. The van der Waals surface area contributed by atoms with E-state index in [4.69, 9.17) is 11.9 Å². The number of phosphoric acid groups is 1. The maximum atomic E-state index is 13.2. The Morgan fingerprint density at radius 1 is 0.885 bits per heavy atom. The minimum atomic E-state index is -5.11. The average molecular weight is 433 g/mol. The predicted octanol–water partition coefficient (Wildman–Crippen LogP) is 6.21. The second-order valence-electron chi connectivity index (χ2n) is 4.10. The standard InChI is InChI=1S/C12H12ClF6O6P/c1-3-5-7(9(14)11(16)17)21-24-26(20,23-13)25-22-8(6-4-2)10(15)12(18)19/h3-4,7-8H,1-2,5-6H2. The lowest BCUT2D eigenvalue weighted by molar-refractivity contribution is -0.303. The van der Waals surface area contributed by atoms with Gasteiger partial charge in [0.1, 0.15) is 0 Å². The SMILES string of the molecule is C=CCC(OOP(=O)(OCl)OOC(CC=C)C(F)=C(F)F)C(F)=C(F)F. The van der Waals surface area contributed by atoms with Gasteiger partial charge >= 0.3 is 20.0 Å². The molecule has 0 fully saturated rings. The van der Waals surface area contributed by atoms with Crippen LogP contribution in [0.4, 0.5) is 26.3 Å². The lowest BCUT2D eigenvalue weighted by Crippen LogP contribution is -2.16. The summed E-state index contributed by atoms with van der Waals surface area (Å²) in [6, 6.07) is 0.